The second kappa shape index (κ2) is 4.65. The number of phenols is 1. The first kappa shape index (κ1) is 11.1. The number of benzene rings is 2. The molecule has 4 heteroatoms. The van der Waals surface area contributed by atoms with Crippen LogP contribution < -0.4 is 16.6 Å². The summed E-state index contributed by atoms with van der Waals surface area (Å²) >= 11 is 0. The van der Waals surface area contributed by atoms with E-state index >= 15 is 0 Å². The predicted molar refractivity (Wildman–Crippen MR) is 70.9 cm³/mol. The highest BCUT2D eigenvalue weighted by atomic mass is 16.3. The molecule has 0 amide bonds. The molecule has 0 fully saturated rings. The molecule has 0 spiro atoms. The van der Waals surface area contributed by atoms with Crippen LogP contribution in [0.2, 0.25) is 0 Å². The zero-order valence-electron chi connectivity index (χ0n) is 9.57. The standard InChI is InChI=1S/C13H15N3O/c1-9-6-7-13(17)12(8-9)16-15-11-5-3-2-4-10(11)14/h2-8,15-17H,14H2,1H3. The molecule has 4 nitrogen and oxygen atoms in total. The fourth-order valence-electron chi connectivity index (χ4n) is 1.50. The number of rotatable bonds is 3. The van der Waals surface area contributed by atoms with Gasteiger partial charge in [0, 0.05) is 0 Å². The number of phenolic OH excluding ortho intramolecular Hbond substituents is 1. The third-order valence-corrected chi connectivity index (χ3v) is 2.44. The normalized spacial score (nSPS) is 9.94. The van der Waals surface area contributed by atoms with Crippen molar-refractivity contribution in [1.82, 2.24) is 0 Å². The van der Waals surface area contributed by atoms with E-state index in [-0.39, 0.29) is 5.75 Å². The summed E-state index contributed by atoms with van der Waals surface area (Å²) in [6.45, 7) is 1.96. The van der Waals surface area contributed by atoms with Crippen LogP contribution in [0, 0.1) is 6.92 Å². The molecular weight excluding hydrogens is 214 g/mol. The van der Waals surface area contributed by atoms with E-state index in [4.69, 9.17) is 5.73 Å². The van der Waals surface area contributed by atoms with Gasteiger partial charge in [0.2, 0.25) is 0 Å². The molecule has 0 atom stereocenters. The molecule has 0 aliphatic rings. The molecule has 2 rings (SSSR count). The summed E-state index contributed by atoms with van der Waals surface area (Å²) in [7, 11) is 0. The van der Waals surface area contributed by atoms with Crippen LogP contribution in [0.1, 0.15) is 5.56 Å². The van der Waals surface area contributed by atoms with Crippen LogP contribution >= 0.6 is 0 Å². The molecule has 0 aliphatic heterocycles. The van der Waals surface area contributed by atoms with E-state index in [0.29, 0.717) is 11.4 Å². The van der Waals surface area contributed by atoms with Gasteiger partial charge in [0.05, 0.1) is 17.1 Å². The summed E-state index contributed by atoms with van der Waals surface area (Å²) < 4.78 is 0. The molecule has 0 saturated carbocycles. The van der Waals surface area contributed by atoms with Crippen molar-refractivity contribution in [2.24, 2.45) is 0 Å². The smallest absolute Gasteiger partial charge is 0.140 e. The number of hydrogen-bond donors (Lipinski definition) is 4. The summed E-state index contributed by atoms with van der Waals surface area (Å²) in [5.41, 5.74) is 14.8. The monoisotopic (exact) mass is 229 g/mol. The SMILES string of the molecule is Cc1ccc(O)c(NNc2ccccc2N)c1. The third kappa shape index (κ3) is 2.60. The van der Waals surface area contributed by atoms with E-state index in [2.05, 4.69) is 10.9 Å². The summed E-state index contributed by atoms with van der Waals surface area (Å²) in [5.74, 6) is 0.192. The fraction of sp³-hybridized carbons (Fsp3) is 0.0769. The van der Waals surface area contributed by atoms with Crippen molar-refractivity contribution in [3.8, 4) is 5.75 Å². The third-order valence-electron chi connectivity index (χ3n) is 2.44. The van der Waals surface area contributed by atoms with E-state index in [9.17, 15) is 5.11 Å². The van der Waals surface area contributed by atoms with E-state index in [0.717, 1.165) is 11.3 Å². The lowest BCUT2D eigenvalue weighted by Crippen LogP contribution is -2.10. The van der Waals surface area contributed by atoms with Gasteiger partial charge < -0.3 is 10.8 Å². The summed E-state index contributed by atoms with van der Waals surface area (Å²) in [4.78, 5) is 0. The zero-order chi connectivity index (χ0) is 12.3. The van der Waals surface area contributed by atoms with Crippen molar-refractivity contribution in [3.63, 3.8) is 0 Å². The van der Waals surface area contributed by atoms with Crippen molar-refractivity contribution >= 4 is 17.1 Å². The molecule has 2 aromatic rings. The van der Waals surface area contributed by atoms with Gasteiger partial charge in [-0.3, -0.25) is 10.9 Å². The molecule has 0 heterocycles. The zero-order valence-corrected chi connectivity index (χ0v) is 9.57. The molecular formula is C13H15N3O. The Morgan fingerprint density at radius 1 is 1.00 bits per heavy atom. The number of nitrogen functional groups attached to an aromatic ring is 1. The fourth-order valence-corrected chi connectivity index (χ4v) is 1.50. The molecule has 0 radical (unpaired) electrons. The lowest BCUT2D eigenvalue weighted by Gasteiger charge is -2.13. The minimum atomic E-state index is 0.192. The summed E-state index contributed by atoms with van der Waals surface area (Å²) in [5, 5.41) is 9.65. The number of hydrazine groups is 1. The van der Waals surface area contributed by atoms with Crippen LogP contribution in [-0.4, -0.2) is 5.11 Å². The van der Waals surface area contributed by atoms with Crippen LogP contribution in [0.5, 0.6) is 5.75 Å². The van der Waals surface area contributed by atoms with Gasteiger partial charge in [0.15, 0.2) is 0 Å². The Bertz CT molecular complexity index is 526. The Labute approximate surface area is 100 Å². The van der Waals surface area contributed by atoms with Gasteiger partial charge in [-0.1, -0.05) is 18.2 Å². The Kier molecular flexibility index (Phi) is 3.05. The lowest BCUT2D eigenvalue weighted by molar-refractivity contribution is 0.477. The molecule has 17 heavy (non-hydrogen) atoms. The molecule has 88 valence electrons. The van der Waals surface area contributed by atoms with Crippen molar-refractivity contribution < 1.29 is 5.11 Å². The maximum Gasteiger partial charge on any atom is 0.140 e. The highest BCUT2D eigenvalue weighted by molar-refractivity contribution is 5.69. The van der Waals surface area contributed by atoms with Crippen LogP contribution in [0.3, 0.4) is 0 Å². The maximum absolute atomic E-state index is 9.65. The minimum Gasteiger partial charge on any atom is -0.506 e. The van der Waals surface area contributed by atoms with E-state index in [1.165, 1.54) is 0 Å². The van der Waals surface area contributed by atoms with Crippen molar-refractivity contribution in [1.29, 1.82) is 0 Å². The van der Waals surface area contributed by atoms with Crippen molar-refractivity contribution in [2.45, 2.75) is 6.92 Å². The number of hydrogen-bond acceptors (Lipinski definition) is 4. The van der Waals surface area contributed by atoms with Gasteiger partial charge in [-0.25, -0.2) is 0 Å². The Balaban J connectivity index is 2.12. The van der Waals surface area contributed by atoms with Gasteiger partial charge in [-0.2, -0.15) is 0 Å². The van der Waals surface area contributed by atoms with Gasteiger partial charge in [-0.05, 0) is 36.8 Å². The molecule has 0 unspecified atom stereocenters. The highest BCUT2D eigenvalue weighted by Crippen LogP contribution is 2.25. The first-order valence-electron chi connectivity index (χ1n) is 5.33. The average molecular weight is 229 g/mol. The van der Waals surface area contributed by atoms with Crippen molar-refractivity contribution in [2.75, 3.05) is 16.6 Å². The first-order chi connectivity index (χ1) is 8.16. The molecule has 0 saturated heterocycles. The second-order valence-corrected chi connectivity index (χ2v) is 3.86. The molecule has 0 bridgehead atoms. The van der Waals surface area contributed by atoms with Crippen LogP contribution in [0.15, 0.2) is 42.5 Å². The topological polar surface area (TPSA) is 70.3 Å². The second-order valence-electron chi connectivity index (χ2n) is 3.86. The van der Waals surface area contributed by atoms with Gasteiger partial charge >= 0.3 is 0 Å². The van der Waals surface area contributed by atoms with E-state index in [1.807, 2.05) is 37.3 Å². The molecule has 5 N–H and O–H groups in total. The van der Waals surface area contributed by atoms with Crippen LogP contribution in [-0.2, 0) is 0 Å². The van der Waals surface area contributed by atoms with Crippen LogP contribution in [0.25, 0.3) is 0 Å². The number of aryl methyl sites for hydroxylation is 1. The van der Waals surface area contributed by atoms with E-state index < -0.39 is 0 Å². The number of nitrogens with one attached hydrogen (secondary N) is 2. The van der Waals surface area contributed by atoms with Gasteiger partial charge in [0.1, 0.15) is 5.75 Å². The van der Waals surface area contributed by atoms with Gasteiger partial charge in [0.25, 0.3) is 0 Å². The Morgan fingerprint density at radius 2 is 1.71 bits per heavy atom. The summed E-state index contributed by atoms with van der Waals surface area (Å²) in [6, 6.07) is 12.8. The number of aromatic hydroxyl groups is 1. The van der Waals surface area contributed by atoms with Gasteiger partial charge in [-0.15, -0.1) is 0 Å². The number of anilines is 3. The number of para-hydroxylation sites is 2. The summed E-state index contributed by atoms with van der Waals surface area (Å²) in [6.07, 6.45) is 0. The quantitative estimate of drug-likeness (QED) is 0.371. The van der Waals surface area contributed by atoms with Crippen LogP contribution in [0.4, 0.5) is 17.1 Å². The molecule has 2 aromatic carbocycles. The first-order valence-corrected chi connectivity index (χ1v) is 5.33. The Morgan fingerprint density at radius 3 is 2.47 bits per heavy atom. The van der Waals surface area contributed by atoms with Crippen molar-refractivity contribution in [3.05, 3.63) is 48.0 Å². The average Bonchev–Trinajstić information content (AvgIpc) is 2.32. The molecule has 0 aliphatic carbocycles. The highest BCUT2D eigenvalue weighted by Gasteiger charge is 2.01. The Hall–Kier alpha value is -2.36. The predicted octanol–water partition coefficient (Wildman–Crippen LogP) is 2.72. The lowest BCUT2D eigenvalue weighted by atomic mass is 10.2. The number of nitrogens with two attached hydrogens (primary N) is 1. The molecule has 0 aromatic heterocycles. The minimum absolute atomic E-state index is 0.192. The maximum atomic E-state index is 9.65. The van der Waals surface area contributed by atoms with E-state index in [1.54, 1.807) is 12.1 Å². The largest absolute Gasteiger partial charge is 0.506 e.